The minimum Gasteiger partial charge on any atom is -0.491 e. The summed E-state index contributed by atoms with van der Waals surface area (Å²) in [5.41, 5.74) is 0.247. The number of ether oxygens (including phenoxy) is 2. The van der Waals surface area contributed by atoms with Crippen molar-refractivity contribution in [3.63, 3.8) is 0 Å². The van der Waals surface area contributed by atoms with Gasteiger partial charge < -0.3 is 9.47 Å². The van der Waals surface area contributed by atoms with E-state index in [4.69, 9.17) is 21.1 Å². The Bertz CT molecular complexity index is 1080. The third-order valence-electron chi connectivity index (χ3n) is 4.29. The number of halogens is 2. The fraction of sp³-hybridized carbons (Fsp3) is 0.421. The van der Waals surface area contributed by atoms with Gasteiger partial charge in [0.05, 0.1) is 11.6 Å². The highest BCUT2D eigenvalue weighted by atomic mass is 35.5. The molecule has 0 aliphatic rings. The zero-order valence-corrected chi connectivity index (χ0v) is 18.7. The number of pyridine rings is 2. The summed E-state index contributed by atoms with van der Waals surface area (Å²) in [7, 11) is -1.27. The summed E-state index contributed by atoms with van der Waals surface area (Å²) in [6.07, 6.45) is 1.55. The van der Waals surface area contributed by atoms with E-state index in [1.165, 1.54) is 15.2 Å². The summed E-state index contributed by atoms with van der Waals surface area (Å²) < 4.78 is 27.9. The van der Waals surface area contributed by atoms with Gasteiger partial charge in [0, 0.05) is 26.9 Å². The first-order chi connectivity index (χ1) is 13.7. The Morgan fingerprint density at radius 1 is 1.24 bits per heavy atom. The summed E-state index contributed by atoms with van der Waals surface area (Å²) in [5.74, 6) is -0.334. The van der Waals surface area contributed by atoms with Gasteiger partial charge in [-0.1, -0.05) is 31.2 Å². The van der Waals surface area contributed by atoms with Crippen LogP contribution in [0.3, 0.4) is 0 Å². The molecule has 0 unspecified atom stereocenters. The second-order valence-corrected chi connectivity index (χ2v) is 13.8. The third kappa shape index (κ3) is 4.68. The van der Waals surface area contributed by atoms with Gasteiger partial charge in [0.25, 0.3) is 0 Å². The SMILES string of the molecule is CCOc1ccnc2c1n(-c1nc(F)ccc1Cl)c(=O)n2COCC[Si](C)(C)C. The molecule has 0 aliphatic carbocycles. The average molecular weight is 439 g/mol. The van der Waals surface area contributed by atoms with Crippen molar-refractivity contribution in [2.24, 2.45) is 0 Å². The summed E-state index contributed by atoms with van der Waals surface area (Å²) in [6.45, 7) is 9.53. The van der Waals surface area contributed by atoms with Gasteiger partial charge in [-0.15, -0.1) is 0 Å². The van der Waals surface area contributed by atoms with Crippen LogP contribution in [-0.4, -0.2) is 40.4 Å². The van der Waals surface area contributed by atoms with Crippen molar-refractivity contribution in [1.29, 1.82) is 0 Å². The van der Waals surface area contributed by atoms with Gasteiger partial charge in [0.1, 0.15) is 18.0 Å². The van der Waals surface area contributed by atoms with Crippen LogP contribution in [0.15, 0.2) is 29.2 Å². The number of fused-ring (bicyclic) bond motifs is 1. The molecule has 3 heterocycles. The van der Waals surface area contributed by atoms with Gasteiger partial charge >= 0.3 is 5.69 Å². The molecule has 0 amide bonds. The van der Waals surface area contributed by atoms with Crippen LogP contribution in [0.4, 0.5) is 4.39 Å². The molecule has 3 aromatic heterocycles. The summed E-state index contributed by atoms with van der Waals surface area (Å²) in [5, 5.41) is 0.138. The first kappa shape index (κ1) is 21.5. The lowest BCUT2D eigenvalue weighted by Gasteiger charge is -2.15. The molecule has 3 aromatic rings. The molecular formula is C19H24ClFN4O3Si. The minimum atomic E-state index is -1.27. The lowest BCUT2D eigenvalue weighted by molar-refractivity contribution is 0.0871. The Morgan fingerprint density at radius 2 is 2.00 bits per heavy atom. The largest absolute Gasteiger partial charge is 0.491 e. The summed E-state index contributed by atoms with van der Waals surface area (Å²) >= 11 is 6.23. The highest BCUT2D eigenvalue weighted by molar-refractivity contribution is 6.76. The van der Waals surface area contributed by atoms with Crippen molar-refractivity contribution in [2.45, 2.75) is 39.3 Å². The molecule has 0 aliphatic heterocycles. The van der Waals surface area contributed by atoms with E-state index < -0.39 is 19.7 Å². The zero-order valence-electron chi connectivity index (χ0n) is 16.9. The molecule has 0 fully saturated rings. The molecule has 0 saturated heterocycles. The van der Waals surface area contributed by atoms with E-state index in [0.717, 1.165) is 12.1 Å². The molecule has 29 heavy (non-hydrogen) atoms. The number of rotatable bonds is 8. The summed E-state index contributed by atoms with van der Waals surface area (Å²) in [4.78, 5) is 21.4. The first-order valence-electron chi connectivity index (χ1n) is 9.36. The maximum atomic E-state index is 13.8. The van der Waals surface area contributed by atoms with Crippen LogP contribution in [-0.2, 0) is 11.5 Å². The number of aromatic nitrogens is 4. The van der Waals surface area contributed by atoms with Crippen LogP contribution >= 0.6 is 11.6 Å². The van der Waals surface area contributed by atoms with Crippen LogP contribution in [0.25, 0.3) is 17.0 Å². The Kier molecular flexibility index (Phi) is 6.40. The number of hydrogen-bond donors (Lipinski definition) is 0. The quantitative estimate of drug-likeness (QED) is 0.301. The molecule has 0 N–H and O–H groups in total. The van der Waals surface area contributed by atoms with E-state index in [1.807, 2.05) is 6.92 Å². The topological polar surface area (TPSA) is 71.2 Å². The minimum absolute atomic E-state index is 0.0162. The van der Waals surface area contributed by atoms with E-state index in [1.54, 1.807) is 12.3 Å². The fourth-order valence-corrected chi connectivity index (χ4v) is 3.77. The molecule has 0 bridgehead atoms. The molecule has 0 radical (unpaired) electrons. The van der Waals surface area contributed by atoms with Gasteiger partial charge in [0.15, 0.2) is 11.5 Å². The van der Waals surface area contributed by atoms with Gasteiger partial charge in [-0.2, -0.15) is 9.37 Å². The third-order valence-corrected chi connectivity index (χ3v) is 6.29. The molecule has 0 atom stereocenters. The number of imidazole rings is 1. The van der Waals surface area contributed by atoms with Crippen molar-refractivity contribution < 1.29 is 13.9 Å². The average Bonchev–Trinajstić information content (AvgIpc) is 2.93. The van der Waals surface area contributed by atoms with Gasteiger partial charge in [-0.25, -0.2) is 14.3 Å². The second kappa shape index (κ2) is 8.64. The maximum absolute atomic E-state index is 13.8. The van der Waals surface area contributed by atoms with Crippen molar-refractivity contribution >= 4 is 30.8 Å². The predicted molar refractivity (Wildman–Crippen MR) is 113 cm³/mol. The Labute approximate surface area is 174 Å². The number of hydrogen-bond acceptors (Lipinski definition) is 5. The summed E-state index contributed by atoms with van der Waals surface area (Å²) in [6, 6.07) is 5.11. The molecule has 0 saturated carbocycles. The van der Waals surface area contributed by atoms with E-state index in [9.17, 15) is 9.18 Å². The lowest BCUT2D eigenvalue weighted by Crippen LogP contribution is -2.27. The van der Waals surface area contributed by atoms with Gasteiger partial charge in [-0.05, 0) is 25.1 Å². The maximum Gasteiger partial charge on any atom is 0.338 e. The standard InChI is InChI=1S/C19H24ClFN4O3Si/c1-5-28-14-8-9-22-18-16(14)25(17-13(20)6-7-15(21)23-17)19(26)24(18)12-27-10-11-29(2,3)4/h6-9H,5,10-12H2,1-4H3. The first-order valence-corrected chi connectivity index (χ1v) is 13.4. The monoisotopic (exact) mass is 438 g/mol. The molecular weight excluding hydrogens is 415 g/mol. The Hall–Kier alpha value is -2.23. The van der Waals surface area contributed by atoms with Crippen molar-refractivity contribution in [3.8, 4) is 11.6 Å². The number of nitrogens with zero attached hydrogens (tertiary/aromatic N) is 4. The van der Waals surface area contributed by atoms with E-state index >= 15 is 0 Å². The fourth-order valence-electron chi connectivity index (χ4n) is 2.82. The second-order valence-electron chi connectivity index (χ2n) is 7.75. The van der Waals surface area contributed by atoms with Crippen LogP contribution in [0.1, 0.15) is 6.92 Å². The molecule has 10 heteroatoms. The Balaban J connectivity index is 2.13. The normalized spacial score (nSPS) is 11.9. The molecule has 3 rings (SSSR count). The van der Waals surface area contributed by atoms with E-state index in [2.05, 4.69) is 29.6 Å². The van der Waals surface area contributed by atoms with Crippen molar-refractivity contribution in [1.82, 2.24) is 19.1 Å². The van der Waals surface area contributed by atoms with Crippen molar-refractivity contribution in [2.75, 3.05) is 13.2 Å². The van der Waals surface area contributed by atoms with E-state index in [-0.39, 0.29) is 17.6 Å². The molecule has 156 valence electrons. The van der Waals surface area contributed by atoms with Crippen molar-refractivity contribution in [3.05, 3.63) is 45.9 Å². The molecule has 0 aromatic carbocycles. The Morgan fingerprint density at radius 3 is 2.69 bits per heavy atom. The molecule has 0 spiro atoms. The van der Waals surface area contributed by atoms with Crippen LogP contribution < -0.4 is 10.4 Å². The van der Waals surface area contributed by atoms with Gasteiger partial charge in [0.2, 0.25) is 5.95 Å². The van der Waals surface area contributed by atoms with Crippen LogP contribution in [0, 0.1) is 5.95 Å². The van der Waals surface area contributed by atoms with E-state index in [0.29, 0.717) is 30.1 Å². The lowest BCUT2D eigenvalue weighted by atomic mass is 10.3. The smallest absolute Gasteiger partial charge is 0.338 e. The van der Waals surface area contributed by atoms with Crippen LogP contribution in [0.2, 0.25) is 30.7 Å². The zero-order chi connectivity index (χ0) is 21.2. The highest BCUT2D eigenvalue weighted by Crippen LogP contribution is 2.28. The molecule has 7 nitrogen and oxygen atoms in total. The van der Waals surface area contributed by atoms with Crippen LogP contribution in [0.5, 0.6) is 5.75 Å². The van der Waals surface area contributed by atoms with Gasteiger partial charge in [-0.3, -0.25) is 4.57 Å². The predicted octanol–water partition coefficient (Wildman–Crippen LogP) is 4.09. The highest BCUT2D eigenvalue weighted by Gasteiger charge is 2.23.